The van der Waals surface area contributed by atoms with E-state index in [0.717, 1.165) is 27.8 Å². The molecule has 0 amide bonds. The first kappa shape index (κ1) is 23.1. The number of aromatic nitrogens is 3. The van der Waals surface area contributed by atoms with E-state index < -0.39 is 0 Å². The molecule has 196 valence electrons. The van der Waals surface area contributed by atoms with Crippen LogP contribution in [0.2, 0.25) is 0 Å². The third-order valence-corrected chi connectivity index (χ3v) is 8.51. The second-order valence-corrected chi connectivity index (χ2v) is 10.8. The van der Waals surface area contributed by atoms with Crippen LogP contribution in [-0.2, 0) is 0 Å². The Labute approximate surface area is 242 Å². The van der Waals surface area contributed by atoms with Gasteiger partial charge in [-0.1, -0.05) is 103 Å². The number of rotatable bonds is 3. The van der Waals surface area contributed by atoms with Gasteiger partial charge in [0, 0.05) is 32.5 Å². The molecule has 0 aliphatic carbocycles. The van der Waals surface area contributed by atoms with Crippen LogP contribution in [0.3, 0.4) is 0 Å². The van der Waals surface area contributed by atoms with Crippen molar-refractivity contribution in [1.82, 2.24) is 14.1 Å². The topological polar surface area (TPSA) is 22.8 Å². The minimum atomic E-state index is 0.928. The molecule has 0 N–H and O–H groups in total. The highest BCUT2D eigenvalue weighted by Gasteiger charge is 2.21. The van der Waals surface area contributed by atoms with Gasteiger partial charge in [-0.15, -0.1) is 0 Å². The molecule has 0 unspecified atom stereocenters. The van der Waals surface area contributed by atoms with E-state index in [-0.39, 0.29) is 0 Å². The zero-order valence-electron chi connectivity index (χ0n) is 22.8. The Morgan fingerprint density at radius 2 is 1.00 bits per heavy atom. The molecule has 0 aliphatic heterocycles. The molecule has 0 saturated carbocycles. The molecule has 0 radical (unpaired) electrons. The molecule has 0 fully saturated rings. The van der Waals surface area contributed by atoms with Crippen molar-refractivity contribution in [2.75, 3.05) is 0 Å². The minimum absolute atomic E-state index is 0.928. The number of hydrogen-bond donors (Lipinski definition) is 0. The molecule has 42 heavy (non-hydrogen) atoms. The van der Waals surface area contributed by atoms with E-state index >= 15 is 0 Å². The third kappa shape index (κ3) is 3.25. The molecule has 3 aromatic heterocycles. The van der Waals surface area contributed by atoms with Gasteiger partial charge in [0.2, 0.25) is 0 Å². The maximum Gasteiger partial charge on any atom is 0.138 e. The van der Waals surface area contributed by atoms with Gasteiger partial charge in [-0.05, 0) is 54.1 Å². The predicted molar refractivity (Wildman–Crippen MR) is 176 cm³/mol. The Morgan fingerprint density at radius 1 is 0.405 bits per heavy atom. The van der Waals surface area contributed by atoms with Gasteiger partial charge < -0.3 is 4.57 Å². The number of nitrogens with zero attached hydrogens (tertiary/aromatic N) is 3. The number of para-hydroxylation sites is 4. The fourth-order valence-electron chi connectivity index (χ4n) is 6.73. The quantitative estimate of drug-likeness (QED) is 0.221. The van der Waals surface area contributed by atoms with Gasteiger partial charge in [0.15, 0.2) is 0 Å². The summed E-state index contributed by atoms with van der Waals surface area (Å²) < 4.78 is 4.76. The highest BCUT2D eigenvalue weighted by atomic mass is 15.1. The van der Waals surface area contributed by atoms with E-state index in [4.69, 9.17) is 4.98 Å². The number of benzene rings is 6. The van der Waals surface area contributed by atoms with Crippen molar-refractivity contribution < 1.29 is 0 Å². The van der Waals surface area contributed by atoms with Crippen molar-refractivity contribution >= 4 is 54.5 Å². The van der Waals surface area contributed by atoms with Gasteiger partial charge in [0.05, 0.1) is 33.3 Å². The monoisotopic (exact) mass is 535 g/mol. The van der Waals surface area contributed by atoms with Gasteiger partial charge in [0.25, 0.3) is 0 Å². The van der Waals surface area contributed by atoms with Crippen molar-refractivity contribution in [1.29, 1.82) is 0 Å². The number of hydrogen-bond acceptors (Lipinski definition) is 1. The van der Waals surface area contributed by atoms with Crippen molar-refractivity contribution in [3.63, 3.8) is 0 Å². The van der Waals surface area contributed by atoms with Crippen LogP contribution in [0.25, 0.3) is 77.1 Å². The van der Waals surface area contributed by atoms with E-state index in [9.17, 15) is 0 Å². The fraction of sp³-hybridized carbons (Fsp3) is 0. The molecule has 6 aromatic carbocycles. The lowest BCUT2D eigenvalue weighted by molar-refractivity contribution is 1.10. The van der Waals surface area contributed by atoms with Crippen molar-refractivity contribution in [2.24, 2.45) is 0 Å². The van der Waals surface area contributed by atoms with E-state index in [1.54, 1.807) is 0 Å². The van der Waals surface area contributed by atoms with Crippen LogP contribution < -0.4 is 0 Å². The standard InChI is InChI=1S/C39H25N3/c1-2-12-26(13-3-1)28-15-5-9-19-32(28)41-33-20-10-6-16-29(33)38-35(41)23-24-36-39(38)30-17-7-11-21-34(30)42(36)37-25-22-27-14-4-8-18-31(27)40-37/h1-25H. The summed E-state index contributed by atoms with van der Waals surface area (Å²) in [7, 11) is 0. The van der Waals surface area contributed by atoms with Crippen LogP contribution in [0.4, 0.5) is 0 Å². The molecule has 9 aromatic rings. The molecule has 3 heteroatoms. The lowest BCUT2D eigenvalue weighted by Gasteiger charge is -2.14. The lowest BCUT2D eigenvalue weighted by atomic mass is 10.0. The summed E-state index contributed by atoms with van der Waals surface area (Å²) in [5.74, 6) is 0.928. The van der Waals surface area contributed by atoms with Gasteiger partial charge in [-0.3, -0.25) is 4.57 Å². The molecule has 0 aliphatic rings. The summed E-state index contributed by atoms with van der Waals surface area (Å²) in [6, 6.07) is 54.1. The molecule has 0 saturated heterocycles. The summed E-state index contributed by atoms with van der Waals surface area (Å²) in [6.45, 7) is 0. The maximum absolute atomic E-state index is 5.12. The average Bonchev–Trinajstić information content (AvgIpc) is 3.58. The second-order valence-electron chi connectivity index (χ2n) is 10.8. The van der Waals surface area contributed by atoms with Crippen LogP contribution >= 0.6 is 0 Å². The Balaban J connectivity index is 1.43. The normalized spacial score (nSPS) is 11.8. The Morgan fingerprint density at radius 3 is 1.79 bits per heavy atom. The van der Waals surface area contributed by atoms with Gasteiger partial charge in [-0.2, -0.15) is 0 Å². The summed E-state index contributed by atoms with van der Waals surface area (Å²) in [6.07, 6.45) is 0. The lowest BCUT2D eigenvalue weighted by Crippen LogP contribution is -1.98. The summed E-state index contributed by atoms with van der Waals surface area (Å²) in [5.41, 5.74) is 9.30. The number of pyridine rings is 1. The van der Waals surface area contributed by atoms with Crippen LogP contribution in [0.15, 0.2) is 152 Å². The Hall–Kier alpha value is -5.67. The second kappa shape index (κ2) is 8.92. The molecule has 0 bridgehead atoms. The molecule has 3 heterocycles. The molecule has 0 spiro atoms. The van der Waals surface area contributed by atoms with Crippen molar-refractivity contribution in [3.8, 4) is 22.6 Å². The fourth-order valence-corrected chi connectivity index (χ4v) is 6.73. The number of fused-ring (bicyclic) bond motifs is 8. The zero-order chi connectivity index (χ0) is 27.6. The van der Waals surface area contributed by atoms with E-state index in [1.807, 2.05) is 0 Å². The van der Waals surface area contributed by atoms with E-state index in [2.05, 4.69) is 161 Å². The van der Waals surface area contributed by atoms with E-state index in [1.165, 1.54) is 49.4 Å². The van der Waals surface area contributed by atoms with E-state index in [0.29, 0.717) is 0 Å². The molecular formula is C39H25N3. The van der Waals surface area contributed by atoms with Gasteiger partial charge in [-0.25, -0.2) is 4.98 Å². The SMILES string of the molecule is c1ccc(-c2ccccc2-n2c3ccccc3c3c4c5ccccc5n(-c5ccc6ccccc6n5)c4ccc32)cc1. The smallest absolute Gasteiger partial charge is 0.138 e. The molecule has 3 nitrogen and oxygen atoms in total. The largest absolute Gasteiger partial charge is 0.309 e. The highest BCUT2D eigenvalue weighted by Crippen LogP contribution is 2.43. The van der Waals surface area contributed by atoms with Crippen LogP contribution in [-0.4, -0.2) is 14.1 Å². The first-order chi connectivity index (χ1) is 20.9. The molecule has 9 rings (SSSR count). The van der Waals surface area contributed by atoms with Gasteiger partial charge in [0.1, 0.15) is 5.82 Å². The first-order valence-electron chi connectivity index (χ1n) is 14.3. The Kier molecular flexibility index (Phi) is 4.90. The first-order valence-corrected chi connectivity index (χ1v) is 14.3. The van der Waals surface area contributed by atoms with Crippen LogP contribution in [0.1, 0.15) is 0 Å². The maximum atomic E-state index is 5.12. The van der Waals surface area contributed by atoms with Crippen LogP contribution in [0, 0.1) is 0 Å². The summed E-state index contributed by atoms with van der Waals surface area (Å²) in [5, 5.41) is 6.14. The van der Waals surface area contributed by atoms with Crippen molar-refractivity contribution in [3.05, 3.63) is 152 Å². The zero-order valence-corrected chi connectivity index (χ0v) is 22.8. The minimum Gasteiger partial charge on any atom is -0.309 e. The molecule has 0 atom stereocenters. The van der Waals surface area contributed by atoms with Gasteiger partial charge >= 0.3 is 0 Å². The predicted octanol–water partition coefficient (Wildman–Crippen LogP) is 10.1. The Bertz CT molecular complexity index is 2460. The average molecular weight is 536 g/mol. The summed E-state index contributed by atoms with van der Waals surface area (Å²) in [4.78, 5) is 5.12. The highest BCUT2D eigenvalue weighted by molar-refractivity contribution is 6.29. The van der Waals surface area contributed by atoms with Crippen LogP contribution in [0.5, 0.6) is 0 Å². The van der Waals surface area contributed by atoms with Crippen molar-refractivity contribution in [2.45, 2.75) is 0 Å². The molecular weight excluding hydrogens is 510 g/mol. The summed E-state index contributed by atoms with van der Waals surface area (Å²) >= 11 is 0. The third-order valence-electron chi connectivity index (χ3n) is 8.51.